The standard InChI is InChI=1S/C23H26N2O2/c1-5-16-10-11-19-18(14-16)22(2,3)23(24-21(26)15-25(19)23)13-12-17-8-6-7-9-20(17)27-4/h6-14H,5,15H2,1-4H3,(H,24,26)/t23-/m1/s1. The Kier molecular flexibility index (Phi) is 4.02. The molecule has 0 unspecified atom stereocenters. The van der Waals surface area contributed by atoms with Crippen molar-refractivity contribution in [3.8, 4) is 5.75 Å². The van der Waals surface area contributed by atoms with Crippen LogP contribution in [0.25, 0.3) is 6.08 Å². The van der Waals surface area contributed by atoms with Crippen LogP contribution >= 0.6 is 0 Å². The molecule has 4 rings (SSSR count). The second-order valence-electron chi connectivity index (χ2n) is 7.81. The summed E-state index contributed by atoms with van der Waals surface area (Å²) < 4.78 is 5.48. The van der Waals surface area contributed by atoms with Gasteiger partial charge in [0.05, 0.1) is 13.7 Å². The quantitative estimate of drug-likeness (QED) is 0.897. The van der Waals surface area contributed by atoms with Gasteiger partial charge in [0, 0.05) is 16.7 Å². The second-order valence-corrected chi connectivity index (χ2v) is 7.81. The van der Waals surface area contributed by atoms with E-state index in [0.29, 0.717) is 6.54 Å². The van der Waals surface area contributed by atoms with Gasteiger partial charge in [-0.15, -0.1) is 0 Å². The van der Waals surface area contributed by atoms with Crippen molar-refractivity contribution in [2.24, 2.45) is 0 Å². The Morgan fingerprint density at radius 2 is 2.00 bits per heavy atom. The summed E-state index contributed by atoms with van der Waals surface area (Å²) in [5.41, 5.74) is 3.89. The van der Waals surface area contributed by atoms with E-state index in [1.165, 1.54) is 11.1 Å². The van der Waals surface area contributed by atoms with Gasteiger partial charge in [-0.25, -0.2) is 0 Å². The first-order chi connectivity index (χ1) is 12.9. The van der Waals surface area contributed by atoms with Crippen LogP contribution in [-0.4, -0.2) is 25.2 Å². The summed E-state index contributed by atoms with van der Waals surface area (Å²) in [6.45, 7) is 6.97. The molecule has 0 aromatic heterocycles. The van der Waals surface area contributed by atoms with Crippen molar-refractivity contribution in [3.05, 3.63) is 65.2 Å². The number of nitrogens with zero attached hydrogens (tertiary/aromatic N) is 1. The predicted octanol–water partition coefficient (Wildman–Crippen LogP) is 3.89. The molecule has 140 valence electrons. The number of hydrogen-bond donors (Lipinski definition) is 1. The number of hydrogen-bond acceptors (Lipinski definition) is 3. The summed E-state index contributed by atoms with van der Waals surface area (Å²) in [4.78, 5) is 14.6. The molecule has 0 radical (unpaired) electrons. The maximum atomic E-state index is 12.4. The fourth-order valence-electron chi connectivity index (χ4n) is 4.46. The molecule has 1 fully saturated rings. The Balaban J connectivity index is 1.84. The van der Waals surface area contributed by atoms with E-state index in [9.17, 15) is 4.79 Å². The van der Waals surface area contributed by atoms with E-state index in [2.05, 4.69) is 61.3 Å². The number of carbonyl (C=O) groups is 1. The van der Waals surface area contributed by atoms with Crippen LogP contribution in [0.15, 0.2) is 48.5 Å². The molecule has 27 heavy (non-hydrogen) atoms. The van der Waals surface area contributed by atoms with E-state index in [1.54, 1.807) is 7.11 Å². The van der Waals surface area contributed by atoms with Gasteiger partial charge in [-0.3, -0.25) is 4.79 Å². The average molecular weight is 362 g/mol. The fraction of sp³-hybridized carbons (Fsp3) is 0.348. The number of anilines is 1. The minimum absolute atomic E-state index is 0.0537. The third-order valence-electron chi connectivity index (χ3n) is 6.09. The Morgan fingerprint density at radius 3 is 2.74 bits per heavy atom. The zero-order valence-corrected chi connectivity index (χ0v) is 16.4. The van der Waals surface area contributed by atoms with Gasteiger partial charge < -0.3 is 15.0 Å². The monoisotopic (exact) mass is 362 g/mol. The highest BCUT2D eigenvalue weighted by Crippen LogP contribution is 2.53. The average Bonchev–Trinajstić information content (AvgIpc) is 3.10. The first kappa shape index (κ1) is 17.7. The van der Waals surface area contributed by atoms with Crippen molar-refractivity contribution in [2.75, 3.05) is 18.6 Å². The molecule has 4 nitrogen and oxygen atoms in total. The van der Waals surface area contributed by atoms with Crippen molar-refractivity contribution in [2.45, 2.75) is 38.3 Å². The van der Waals surface area contributed by atoms with Gasteiger partial charge in [0.1, 0.15) is 11.4 Å². The summed E-state index contributed by atoms with van der Waals surface area (Å²) in [6.07, 6.45) is 5.19. The maximum absolute atomic E-state index is 12.4. The lowest BCUT2D eigenvalue weighted by molar-refractivity contribution is -0.118. The minimum Gasteiger partial charge on any atom is -0.496 e. The molecule has 4 heteroatoms. The fourth-order valence-corrected chi connectivity index (χ4v) is 4.46. The van der Waals surface area contributed by atoms with E-state index >= 15 is 0 Å². The molecular weight excluding hydrogens is 336 g/mol. The van der Waals surface area contributed by atoms with Crippen LogP contribution in [0, 0.1) is 0 Å². The molecule has 2 aliphatic heterocycles. The number of methoxy groups -OCH3 is 1. The van der Waals surface area contributed by atoms with Crippen molar-refractivity contribution in [1.29, 1.82) is 0 Å². The number of carbonyl (C=O) groups excluding carboxylic acids is 1. The number of nitrogens with one attached hydrogen (secondary N) is 1. The Labute approximate surface area is 160 Å². The molecule has 2 heterocycles. The number of benzene rings is 2. The number of amides is 1. The predicted molar refractivity (Wildman–Crippen MR) is 109 cm³/mol. The molecule has 2 aliphatic rings. The lowest BCUT2D eigenvalue weighted by Gasteiger charge is -2.40. The second kappa shape index (κ2) is 6.15. The highest BCUT2D eigenvalue weighted by molar-refractivity contribution is 5.91. The molecule has 1 atom stereocenters. The van der Waals surface area contributed by atoms with E-state index in [4.69, 9.17) is 4.74 Å². The van der Waals surface area contributed by atoms with Gasteiger partial charge in [-0.1, -0.05) is 57.2 Å². The SMILES string of the molecule is CCc1ccc2c(c1)C(C)(C)[C@]1(C=Cc3ccccc3OC)NC(=O)CN21. The zero-order valence-electron chi connectivity index (χ0n) is 16.4. The van der Waals surface area contributed by atoms with Gasteiger partial charge >= 0.3 is 0 Å². The van der Waals surface area contributed by atoms with Crippen molar-refractivity contribution in [1.82, 2.24) is 5.32 Å². The van der Waals surface area contributed by atoms with Crippen LogP contribution in [0.2, 0.25) is 0 Å². The zero-order chi connectivity index (χ0) is 19.2. The third-order valence-corrected chi connectivity index (χ3v) is 6.09. The molecular formula is C23H26N2O2. The Bertz CT molecular complexity index is 932. The number of para-hydroxylation sites is 1. The van der Waals surface area contributed by atoms with Gasteiger partial charge in [0.15, 0.2) is 0 Å². The first-order valence-corrected chi connectivity index (χ1v) is 9.47. The number of rotatable bonds is 4. The summed E-state index contributed by atoms with van der Waals surface area (Å²) >= 11 is 0. The van der Waals surface area contributed by atoms with E-state index in [0.717, 1.165) is 23.4 Å². The topological polar surface area (TPSA) is 41.6 Å². The highest BCUT2D eigenvalue weighted by atomic mass is 16.5. The number of aryl methyl sites for hydroxylation is 1. The number of fused-ring (bicyclic) bond motifs is 3. The highest BCUT2D eigenvalue weighted by Gasteiger charge is 2.59. The van der Waals surface area contributed by atoms with Crippen molar-refractivity contribution in [3.63, 3.8) is 0 Å². The van der Waals surface area contributed by atoms with E-state index in [1.807, 2.05) is 24.3 Å². The molecule has 0 spiro atoms. The van der Waals surface area contributed by atoms with E-state index in [-0.39, 0.29) is 11.3 Å². The Morgan fingerprint density at radius 1 is 1.22 bits per heavy atom. The normalized spacial score (nSPS) is 22.7. The summed E-state index contributed by atoms with van der Waals surface area (Å²) in [7, 11) is 1.68. The van der Waals surface area contributed by atoms with Crippen LogP contribution in [0.5, 0.6) is 5.75 Å². The van der Waals surface area contributed by atoms with Crippen LogP contribution in [0.3, 0.4) is 0 Å². The lowest BCUT2D eigenvalue weighted by atomic mass is 9.75. The van der Waals surface area contributed by atoms with Gasteiger partial charge in [0.25, 0.3) is 0 Å². The van der Waals surface area contributed by atoms with Crippen molar-refractivity contribution >= 4 is 17.7 Å². The number of ether oxygens (including phenoxy) is 1. The molecule has 0 bridgehead atoms. The molecule has 1 saturated heterocycles. The van der Waals surface area contributed by atoms with Crippen LogP contribution in [-0.2, 0) is 16.6 Å². The summed E-state index contributed by atoms with van der Waals surface area (Å²) in [6, 6.07) is 14.5. The molecule has 0 aliphatic carbocycles. The first-order valence-electron chi connectivity index (χ1n) is 9.47. The Hall–Kier alpha value is -2.75. The maximum Gasteiger partial charge on any atom is 0.241 e. The largest absolute Gasteiger partial charge is 0.496 e. The van der Waals surface area contributed by atoms with E-state index < -0.39 is 5.66 Å². The third kappa shape index (κ3) is 2.47. The molecule has 2 aromatic carbocycles. The van der Waals surface area contributed by atoms with Crippen LogP contribution < -0.4 is 15.0 Å². The van der Waals surface area contributed by atoms with Crippen LogP contribution in [0.4, 0.5) is 5.69 Å². The van der Waals surface area contributed by atoms with Gasteiger partial charge in [-0.05, 0) is 35.8 Å². The van der Waals surface area contributed by atoms with Crippen molar-refractivity contribution < 1.29 is 9.53 Å². The summed E-state index contributed by atoms with van der Waals surface area (Å²) in [5, 5.41) is 3.27. The lowest BCUT2D eigenvalue weighted by Crippen LogP contribution is -2.58. The van der Waals surface area contributed by atoms with Crippen LogP contribution in [0.1, 0.15) is 37.5 Å². The minimum atomic E-state index is -0.584. The molecule has 0 saturated carbocycles. The smallest absolute Gasteiger partial charge is 0.241 e. The molecule has 1 amide bonds. The molecule has 1 N–H and O–H groups in total. The summed E-state index contributed by atoms with van der Waals surface area (Å²) in [5.74, 6) is 0.876. The molecule has 2 aromatic rings. The van der Waals surface area contributed by atoms with Gasteiger partial charge in [0.2, 0.25) is 5.91 Å². The van der Waals surface area contributed by atoms with Gasteiger partial charge in [-0.2, -0.15) is 0 Å².